The predicted molar refractivity (Wildman–Crippen MR) is 116 cm³/mol. The molecule has 0 aliphatic heterocycles. The maximum Gasteiger partial charge on any atom is 0.317 e. The smallest absolute Gasteiger partial charge is 0.317 e. The lowest BCUT2D eigenvalue weighted by Gasteiger charge is -2.34. The lowest BCUT2D eigenvalue weighted by Crippen LogP contribution is -2.40. The minimum absolute atomic E-state index is 0.209. The molecule has 0 saturated heterocycles. The number of aliphatic carboxylic acids is 1. The standard InChI is InChI=1S/C25H30O3/c1-6-24(4,15-9-10-18(2)3)17-25(5,23(27)28)22(26)21-14-13-19-11-7-8-12-20(19)16-21/h6-8,10-14,16H,1,9,15,17H2,2-5H3,(H,27,28). The van der Waals surface area contributed by atoms with Crippen LogP contribution in [0.25, 0.3) is 10.8 Å². The fourth-order valence-electron chi connectivity index (χ4n) is 3.66. The topological polar surface area (TPSA) is 54.4 Å². The molecule has 0 heterocycles. The molecule has 0 amide bonds. The minimum Gasteiger partial charge on any atom is -0.480 e. The fourth-order valence-corrected chi connectivity index (χ4v) is 3.66. The number of fused-ring (bicyclic) bond motifs is 1. The van der Waals surface area contributed by atoms with Gasteiger partial charge in [0.25, 0.3) is 0 Å². The van der Waals surface area contributed by atoms with Gasteiger partial charge in [-0.05, 0) is 62.3 Å². The molecule has 0 spiro atoms. The summed E-state index contributed by atoms with van der Waals surface area (Å²) in [6.07, 6.45) is 5.70. The summed E-state index contributed by atoms with van der Waals surface area (Å²) >= 11 is 0. The van der Waals surface area contributed by atoms with Crippen molar-refractivity contribution in [3.8, 4) is 0 Å². The van der Waals surface area contributed by atoms with E-state index in [0.29, 0.717) is 5.56 Å². The number of carbonyl (C=O) groups excluding carboxylic acids is 1. The third-order valence-corrected chi connectivity index (χ3v) is 5.50. The van der Waals surface area contributed by atoms with Gasteiger partial charge in [0.1, 0.15) is 5.41 Å². The number of allylic oxidation sites excluding steroid dienone is 3. The molecule has 2 aromatic rings. The molecule has 3 nitrogen and oxygen atoms in total. The minimum atomic E-state index is -1.52. The lowest BCUT2D eigenvalue weighted by molar-refractivity contribution is -0.146. The van der Waals surface area contributed by atoms with Crippen LogP contribution in [0.5, 0.6) is 0 Å². The average molecular weight is 379 g/mol. The van der Waals surface area contributed by atoms with E-state index in [1.165, 1.54) is 12.5 Å². The molecule has 148 valence electrons. The molecule has 0 radical (unpaired) electrons. The van der Waals surface area contributed by atoms with Gasteiger partial charge in [0.2, 0.25) is 0 Å². The van der Waals surface area contributed by atoms with E-state index in [9.17, 15) is 14.7 Å². The van der Waals surface area contributed by atoms with Crippen molar-refractivity contribution in [2.75, 3.05) is 0 Å². The van der Waals surface area contributed by atoms with Crippen molar-refractivity contribution in [1.29, 1.82) is 0 Å². The van der Waals surface area contributed by atoms with E-state index in [-0.39, 0.29) is 12.2 Å². The number of hydrogen-bond donors (Lipinski definition) is 1. The van der Waals surface area contributed by atoms with E-state index >= 15 is 0 Å². The molecule has 2 unspecified atom stereocenters. The molecule has 28 heavy (non-hydrogen) atoms. The molecule has 1 N–H and O–H groups in total. The zero-order chi connectivity index (χ0) is 20.9. The second-order valence-corrected chi connectivity index (χ2v) is 8.38. The highest BCUT2D eigenvalue weighted by Crippen LogP contribution is 2.41. The van der Waals surface area contributed by atoms with Gasteiger partial charge in [-0.3, -0.25) is 9.59 Å². The number of rotatable bonds is 9. The van der Waals surface area contributed by atoms with Crippen LogP contribution in [0.3, 0.4) is 0 Å². The summed E-state index contributed by atoms with van der Waals surface area (Å²) in [6.45, 7) is 11.5. The third-order valence-electron chi connectivity index (χ3n) is 5.50. The number of carboxylic acid groups (broad SMARTS) is 1. The van der Waals surface area contributed by atoms with Crippen LogP contribution in [-0.4, -0.2) is 16.9 Å². The molecule has 0 aliphatic carbocycles. The van der Waals surface area contributed by atoms with Gasteiger partial charge in [-0.2, -0.15) is 0 Å². The monoisotopic (exact) mass is 378 g/mol. The van der Waals surface area contributed by atoms with Crippen molar-refractivity contribution in [3.05, 3.63) is 72.3 Å². The summed E-state index contributed by atoms with van der Waals surface area (Å²) in [5, 5.41) is 11.9. The Hall–Kier alpha value is -2.68. The second-order valence-electron chi connectivity index (χ2n) is 8.38. The van der Waals surface area contributed by atoms with Crippen LogP contribution < -0.4 is 0 Å². The molecule has 0 aliphatic rings. The van der Waals surface area contributed by atoms with Crippen LogP contribution >= 0.6 is 0 Å². The summed E-state index contributed by atoms with van der Waals surface area (Å²) in [4.78, 5) is 25.5. The summed E-state index contributed by atoms with van der Waals surface area (Å²) in [7, 11) is 0. The highest BCUT2D eigenvalue weighted by Gasteiger charge is 2.45. The summed E-state index contributed by atoms with van der Waals surface area (Å²) in [5.41, 5.74) is -0.318. The normalized spacial score (nSPS) is 15.3. The Morgan fingerprint density at radius 3 is 2.29 bits per heavy atom. The van der Waals surface area contributed by atoms with E-state index < -0.39 is 16.8 Å². The van der Waals surface area contributed by atoms with E-state index in [4.69, 9.17) is 0 Å². The number of carbonyl (C=O) groups is 2. The average Bonchev–Trinajstić information content (AvgIpc) is 2.66. The van der Waals surface area contributed by atoms with E-state index in [1.807, 2.05) is 51.1 Å². The molecular weight excluding hydrogens is 348 g/mol. The highest BCUT2D eigenvalue weighted by molar-refractivity contribution is 6.13. The number of carboxylic acids is 1. The lowest BCUT2D eigenvalue weighted by atomic mass is 9.67. The number of hydrogen-bond acceptors (Lipinski definition) is 2. The molecule has 0 saturated carbocycles. The van der Waals surface area contributed by atoms with Crippen LogP contribution in [0.1, 0.15) is 57.3 Å². The zero-order valence-electron chi connectivity index (χ0n) is 17.3. The van der Waals surface area contributed by atoms with Crippen LogP contribution in [0.4, 0.5) is 0 Å². The highest BCUT2D eigenvalue weighted by atomic mass is 16.4. The largest absolute Gasteiger partial charge is 0.480 e. The Kier molecular flexibility index (Phi) is 6.60. The first-order chi connectivity index (χ1) is 13.1. The van der Waals surface area contributed by atoms with Gasteiger partial charge in [-0.25, -0.2) is 0 Å². The molecular formula is C25H30O3. The molecule has 0 aromatic heterocycles. The second kappa shape index (κ2) is 8.55. The summed E-state index contributed by atoms with van der Waals surface area (Å²) < 4.78 is 0. The fraction of sp³-hybridized carbons (Fsp3) is 0.360. The Morgan fingerprint density at radius 1 is 1.07 bits per heavy atom. The van der Waals surface area contributed by atoms with Crippen molar-refractivity contribution >= 4 is 22.5 Å². The van der Waals surface area contributed by atoms with Gasteiger partial charge in [-0.1, -0.05) is 61.0 Å². The van der Waals surface area contributed by atoms with Gasteiger partial charge in [-0.15, -0.1) is 6.58 Å². The van der Waals surface area contributed by atoms with Gasteiger partial charge >= 0.3 is 5.97 Å². The molecule has 3 heteroatoms. The van der Waals surface area contributed by atoms with Crippen LogP contribution in [0, 0.1) is 10.8 Å². The summed E-state index contributed by atoms with van der Waals surface area (Å²) in [5.74, 6) is -1.46. The SMILES string of the molecule is C=CC(C)(CCC=C(C)C)CC(C)(C(=O)O)C(=O)c1ccc2ccccc2c1. The van der Waals surface area contributed by atoms with Gasteiger partial charge in [0, 0.05) is 5.56 Å². The van der Waals surface area contributed by atoms with E-state index in [2.05, 4.69) is 12.7 Å². The number of Topliss-reactive ketones (excluding diaryl/α,β-unsaturated/α-hetero) is 1. The Balaban J connectivity index is 2.36. The van der Waals surface area contributed by atoms with Crippen LogP contribution in [0.2, 0.25) is 0 Å². The van der Waals surface area contributed by atoms with Crippen molar-refractivity contribution in [2.24, 2.45) is 10.8 Å². The maximum absolute atomic E-state index is 13.3. The number of ketones is 1. The first-order valence-electron chi connectivity index (χ1n) is 9.65. The maximum atomic E-state index is 13.3. The van der Waals surface area contributed by atoms with Crippen LogP contribution in [-0.2, 0) is 4.79 Å². The molecule has 2 rings (SSSR count). The molecule has 0 bridgehead atoms. The zero-order valence-corrected chi connectivity index (χ0v) is 17.3. The van der Waals surface area contributed by atoms with Gasteiger partial charge in [0.05, 0.1) is 0 Å². The molecule has 0 fully saturated rings. The first kappa shape index (κ1) is 21.6. The quantitative estimate of drug-likeness (QED) is 0.310. The van der Waals surface area contributed by atoms with Crippen molar-refractivity contribution < 1.29 is 14.7 Å². The molecule has 2 atom stereocenters. The molecule has 2 aromatic carbocycles. The van der Waals surface area contributed by atoms with E-state index in [0.717, 1.165) is 23.6 Å². The summed E-state index contributed by atoms with van der Waals surface area (Å²) in [6, 6.07) is 13.1. The van der Waals surface area contributed by atoms with Crippen molar-refractivity contribution in [1.82, 2.24) is 0 Å². The third kappa shape index (κ3) is 4.78. The Bertz CT molecular complexity index is 920. The predicted octanol–water partition coefficient (Wildman–Crippen LogP) is 6.44. The van der Waals surface area contributed by atoms with E-state index in [1.54, 1.807) is 18.2 Å². The van der Waals surface area contributed by atoms with Crippen molar-refractivity contribution in [3.63, 3.8) is 0 Å². The number of benzene rings is 2. The first-order valence-corrected chi connectivity index (χ1v) is 9.65. The van der Waals surface area contributed by atoms with Crippen LogP contribution in [0.15, 0.2) is 66.8 Å². The van der Waals surface area contributed by atoms with Crippen molar-refractivity contribution in [2.45, 2.75) is 47.0 Å². The Morgan fingerprint density at radius 2 is 1.71 bits per heavy atom. The Labute approximate surface area is 167 Å². The van der Waals surface area contributed by atoms with Gasteiger partial charge < -0.3 is 5.11 Å². The van der Waals surface area contributed by atoms with Gasteiger partial charge in [0.15, 0.2) is 5.78 Å².